The quantitative estimate of drug-likeness (QED) is 0.909. The van der Waals surface area contributed by atoms with Crippen LogP contribution in [-0.4, -0.2) is 34.8 Å². The molecular formula is C20H25N3O3. The second-order valence-corrected chi connectivity index (χ2v) is 7.16. The first-order valence-electron chi connectivity index (χ1n) is 9.06. The van der Waals surface area contributed by atoms with E-state index in [4.69, 9.17) is 4.42 Å². The Balaban J connectivity index is 1.66. The van der Waals surface area contributed by atoms with Gasteiger partial charge in [-0.1, -0.05) is 19.9 Å². The number of nitrogens with one attached hydrogen (secondary N) is 1. The summed E-state index contributed by atoms with van der Waals surface area (Å²) in [4.78, 5) is 31.3. The number of pyridine rings is 1. The molecule has 0 aromatic carbocycles. The van der Waals surface area contributed by atoms with Crippen LogP contribution in [-0.2, 0) is 4.79 Å². The topological polar surface area (TPSA) is 75.4 Å². The van der Waals surface area contributed by atoms with Gasteiger partial charge in [0.25, 0.3) is 5.91 Å². The molecule has 26 heavy (non-hydrogen) atoms. The van der Waals surface area contributed by atoms with Gasteiger partial charge in [-0.05, 0) is 43.4 Å². The molecule has 1 atom stereocenters. The van der Waals surface area contributed by atoms with Crippen LogP contribution in [0.1, 0.15) is 54.3 Å². The lowest BCUT2D eigenvalue weighted by molar-refractivity contribution is -0.121. The zero-order valence-electron chi connectivity index (χ0n) is 15.5. The number of hydrogen-bond acceptors (Lipinski definition) is 4. The number of carbonyl (C=O) groups excluding carboxylic acids is 2. The standard InChI is InChI=1S/C20H25N3O3/c1-13(2)16-8-10-26-18(16)20(25)23-9-4-5-15(12-23)19(24)22-17-7-6-14(3)11-21-17/h6-8,10-11,13,15H,4-5,9,12H2,1-3H3,(H,21,22,24). The minimum absolute atomic E-state index is 0.0950. The first-order valence-corrected chi connectivity index (χ1v) is 9.06. The summed E-state index contributed by atoms with van der Waals surface area (Å²) >= 11 is 0. The molecule has 1 N–H and O–H groups in total. The molecule has 6 heteroatoms. The van der Waals surface area contributed by atoms with Crippen LogP contribution >= 0.6 is 0 Å². The number of piperidine rings is 1. The van der Waals surface area contributed by atoms with Crippen molar-refractivity contribution in [2.24, 2.45) is 5.92 Å². The lowest BCUT2D eigenvalue weighted by Crippen LogP contribution is -2.44. The largest absolute Gasteiger partial charge is 0.459 e. The van der Waals surface area contributed by atoms with Gasteiger partial charge >= 0.3 is 0 Å². The van der Waals surface area contributed by atoms with E-state index in [0.29, 0.717) is 24.7 Å². The molecule has 2 aromatic heterocycles. The molecule has 1 saturated heterocycles. The summed E-state index contributed by atoms with van der Waals surface area (Å²) in [7, 11) is 0. The van der Waals surface area contributed by atoms with Gasteiger partial charge in [-0.15, -0.1) is 0 Å². The van der Waals surface area contributed by atoms with E-state index in [0.717, 1.165) is 24.0 Å². The molecule has 0 bridgehead atoms. The van der Waals surface area contributed by atoms with Crippen molar-refractivity contribution in [3.8, 4) is 0 Å². The first kappa shape index (κ1) is 18.2. The van der Waals surface area contributed by atoms with Crippen LogP contribution in [0.15, 0.2) is 35.1 Å². The van der Waals surface area contributed by atoms with Gasteiger partial charge in [0.05, 0.1) is 12.2 Å². The third kappa shape index (κ3) is 3.95. The molecule has 0 radical (unpaired) electrons. The molecule has 2 aromatic rings. The number of aromatic nitrogens is 1. The number of hydrogen-bond donors (Lipinski definition) is 1. The molecule has 1 aliphatic rings. The number of rotatable bonds is 4. The van der Waals surface area contributed by atoms with E-state index in [1.807, 2.05) is 32.9 Å². The zero-order chi connectivity index (χ0) is 18.7. The summed E-state index contributed by atoms with van der Waals surface area (Å²) in [5.41, 5.74) is 1.95. The minimum atomic E-state index is -0.242. The van der Waals surface area contributed by atoms with E-state index in [9.17, 15) is 9.59 Å². The van der Waals surface area contributed by atoms with E-state index >= 15 is 0 Å². The van der Waals surface area contributed by atoms with Crippen LogP contribution in [0.2, 0.25) is 0 Å². The van der Waals surface area contributed by atoms with Crippen molar-refractivity contribution in [2.75, 3.05) is 18.4 Å². The fourth-order valence-electron chi connectivity index (χ4n) is 3.24. The van der Waals surface area contributed by atoms with Crippen LogP contribution in [0.3, 0.4) is 0 Å². The monoisotopic (exact) mass is 355 g/mol. The number of carbonyl (C=O) groups is 2. The molecule has 1 unspecified atom stereocenters. The van der Waals surface area contributed by atoms with Crippen LogP contribution in [0.5, 0.6) is 0 Å². The first-order chi connectivity index (χ1) is 12.5. The average molecular weight is 355 g/mol. The van der Waals surface area contributed by atoms with Gasteiger partial charge in [0.15, 0.2) is 5.76 Å². The molecule has 0 saturated carbocycles. The predicted molar refractivity (Wildman–Crippen MR) is 99.0 cm³/mol. The zero-order valence-corrected chi connectivity index (χ0v) is 15.5. The highest BCUT2D eigenvalue weighted by Gasteiger charge is 2.31. The molecule has 2 amide bonds. The van der Waals surface area contributed by atoms with Crippen molar-refractivity contribution in [1.29, 1.82) is 0 Å². The highest BCUT2D eigenvalue weighted by Crippen LogP contribution is 2.25. The van der Waals surface area contributed by atoms with Crippen molar-refractivity contribution in [3.05, 3.63) is 47.5 Å². The predicted octanol–water partition coefficient (Wildman–Crippen LogP) is 3.60. The van der Waals surface area contributed by atoms with Gasteiger partial charge in [-0.2, -0.15) is 0 Å². The third-order valence-electron chi connectivity index (χ3n) is 4.75. The maximum absolute atomic E-state index is 12.8. The molecule has 3 heterocycles. The summed E-state index contributed by atoms with van der Waals surface area (Å²) < 4.78 is 5.44. The van der Waals surface area contributed by atoms with Crippen molar-refractivity contribution < 1.29 is 14.0 Å². The van der Waals surface area contributed by atoms with Crippen molar-refractivity contribution in [3.63, 3.8) is 0 Å². The molecular weight excluding hydrogens is 330 g/mol. The van der Waals surface area contributed by atoms with Gasteiger partial charge < -0.3 is 14.6 Å². The van der Waals surface area contributed by atoms with Crippen LogP contribution in [0.25, 0.3) is 0 Å². The van der Waals surface area contributed by atoms with Gasteiger partial charge in [-0.3, -0.25) is 9.59 Å². The average Bonchev–Trinajstić information content (AvgIpc) is 3.13. The number of nitrogens with zero attached hydrogens (tertiary/aromatic N) is 2. The number of amides is 2. The fraction of sp³-hybridized carbons (Fsp3) is 0.450. The molecule has 0 aliphatic carbocycles. The Kier molecular flexibility index (Phi) is 5.40. The molecule has 138 valence electrons. The summed E-state index contributed by atoms with van der Waals surface area (Å²) in [6.07, 6.45) is 4.83. The molecule has 0 spiro atoms. The summed E-state index contributed by atoms with van der Waals surface area (Å²) in [6.45, 7) is 7.05. The summed E-state index contributed by atoms with van der Waals surface area (Å²) in [6, 6.07) is 5.54. The van der Waals surface area contributed by atoms with E-state index < -0.39 is 0 Å². The lowest BCUT2D eigenvalue weighted by Gasteiger charge is -2.31. The van der Waals surface area contributed by atoms with Crippen LogP contribution < -0.4 is 5.32 Å². The summed E-state index contributed by atoms with van der Waals surface area (Å²) in [5, 5.41) is 2.85. The second-order valence-electron chi connectivity index (χ2n) is 7.16. The molecule has 1 aliphatic heterocycles. The third-order valence-corrected chi connectivity index (χ3v) is 4.75. The normalized spacial score (nSPS) is 17.4. The fourth-order valence-corrected chi connectivity index (χ4v) is 3.24. The van der Waals surface area contributed by atoms with E-state index in [2.05, 4.69) is 10.3 Å². The smallest absolute Gasteiger partial charge is 0.289 e. The number of furan rings is 1. The minimum Gasteiger partial charge on any atom is -0.459 e. The Morgan fingerprint density at radius 1 is 1.31 bits per heavy atom. The highest BCUT2D eigenvalue weighted by atomic mass is 16.3. The summed E-state index contributed by atoms with van der Waals surface area (Å²) in [5.74, 6) is 0.669. The Morgan fingerprint density at radius 3 is 2.81 bits per heavy atom. The van der Waals surface area contributed by atoms with E-state index in [1.54, 1.807) is 23.4 Å². The Bertz CT molecular complexity index is 780. The molecule has 1 fully saturated rings. The van der Waals surface area contributed by atoms with Crippen molar-refractivity contribution in [2.45, 2.75) is 39.5 Å². The van der Waals surface area contributed by atoms with Crippen LogP contribution in [0.4, 0.5) is 5.82 Å². The second kappa shape index (κ2) is 7.72. The Hall–Kier alpha value is -2.63. The Labute approximate surface area is 153 Å². The number of aryl methyl sites for hydroxylation is 1. The lowest BCUT2D eigenvalue weighted by atomic mass is 9.96. The van der Waals surface area contributed by atoms with Gasteiger partial charge in [0.2, 0.25) is 5.91 Å². The SMILES string of the molecule is Cc1ccc(NC(=O)C2CCCN(C(=O)c3occc3C(C)C)C2)nc1. The Morgan fingerprint density at radius 2 is 2.12 bits per heavy atom. The molecule has 6 nitrogen and oxygen atoms in total. The highest BCUT2D eigenvalue weighted by molar-refractivity contribution is 5.95. The maximum atomic E-state index is 12.8. The van der Waals surface area contributed by atoms with Gasteiger partial charge in [0, 0.05) is 24.8 Å². The number of likely N-dealkylation sites (tertiary alicyclic amines) is 1. The van der Waals surface area contributed by atoms with Crippen LogP contribution in [0, 0.1) is 12.8 Å². The van der Waals surface area contributed by atoms with Gasteiger partial charge in [-0.25, -0.2) is 4.98 Å². The molecule has 3 rings (SSSR count). The van der Waals surface area contributed by atoms with Gasteiger partial charge in [0.1, 0.15) is 5.82 Å². The number of anilines is 1. The van der Waals surface area contributed by atoms with E-state index in [-0.39, 0.29) is 23.7 Å². The van der Waals surface area contributed by atoms with E-state index in [1.165, 1.54) is 0 Å². The van der Waals surface area contributed by atoms with Crippen molar-refractivity contribution in [1.82, 2.24) is 9.88 Å². The maximum Gasteiger partial charge on any atom is 0.289 e. The van der Waals surface area contributed by atoms with Crippen molar-refractivity contribution >= 4 is 17.6 Å².